The summed E-state index contributed by atoms with van der Waals surface area (Å²) in [7, 11) is 0. The van der Waals surface area contributed by atoms with Crippen molar-refractivity contribution < 1.29 is 9.72 Å². The highest BCUT2D eigenvalue weighted by molar-refractivity contribution is 6.29. The van der Waals surface area contributed by atoms with Gasteiger partial charge in [0.15, 0.2) is 0 Å². The third-order valence-electron chi connectivity index (χ3n) is 2.21. The second kappa shape index (κ2) is 5.40. The number of hydrogen-bond acceptors (Lipinski definition) is 5. The fraction of sp³-hybridized carbons (Fsp3) is 0. The van der Waals surface area contributed by atoms with Crippen LogP contribution in [0, 0.1) is 10.1 Å². The average molecular weight is 279 g/mol. The van der Waals surface area contributed by atoms with Crippen molar-refractivity contribution >= 4 is 29.0 Å². The molecule has 0 saturated carbocycles. The Morgan fingerprint density at radius 2 is 1.95 bits per heavy atom. The Labute approximate surface area is 112 Å². The monoisotopic (exact) mass is 278 g/mol. The predicted molar refractivity (Wildman–Crippen MR) is 68.1 cm³/mol. The molecule has 8 heteroatoms. The Bertz CT molecular complexity index is 633. The van der Waals surface area contributed by atoms with Crippen LogP contribution in [-0.4, -0.2) is 20.8 Å². The third kappa shape index (κ3) is 3.02. The lowest BCUT2D eigenvalue weighted by atomic mass is 10.2. The summed E-state index contributed by atoms with van der Waals surface area (Å²) in [5.41, 5.74) is -0.0159. The lowest BCUT2D eigenvalue weighted by Gasteiger charge is -2.05. The largest absolute Gasteiger partial charge is 0.311 e. The summed E-state index contributed by atoms with van der Waals surface area (Å²) in [4.78, 5) is 29.5. The summed E-state index contributed by atoms with van der Waals surface area (Å²) in [6, 6.07) is 5.41. The molecule has 2 heterocycles. The van der Waals surface area contributed by atoms with Crippen LogP contribution in [0.25, 0.3) is 0 Å². The standard InChI is InChI=1S/C11H7ClN4O3/c12-9-2-1-8(16(18)19)10(14-9)15-11(17)7-3-5-13-6-4-7/h1-6H,(H,14,15,17). The number of nitrogens with zero attached hydrogens (tertiary/aromatic N) is 3. The molecule has 0 aliphatic heterocycles. The number of rotatable bonds is 3. The van der Waals surface area contributed by atoms with Gasteiger partial charge in [-0.3, -0.25) is 19.9 Å². The van der Waals surface area contributed by atoms with E-state index in [0.29, 0.717) is 5.56 Å². The molecule has 96 valence electrons. The maximum atomic E-state index is 11.9. The number of carbonyl (C=O) groups is 1. The number of amides is 1. The van der Waals surface area contributed by atoms with Crippen LogP contribution in [0.4, 0.5) is 11.5 Å². The van der Waals surface area contributed by atoms with Crippen molar-refractivity contribution in [3.8, 4) is 0 Å². The molecule has 1 amide bonds. The highest BCUT2D eigenvalue weighted by Gasteiger charge is 2.18. The fourth-order valence-electron chi connectivity index (χ4n) is 1.35. The van der Waals surface area contributed by atoms with Gasteiger partial charge in [-0.05, 0) is 18.2 Å². The number of pyridine rings is 2. The molecule has 0 unspecified atom stereocenters. The van der Waals surface area contributed by atoms with E-state index in [-0.39, 0.29) is 16.7 Å². The van der Waals surface area contributed by atoms with E-state index in [1.54, 1.807) is 0 Å². The average Bonchev–Trinajstić information content (AvgIpc) is 2.39. The molecule has 2 aromatic rings. The van der Waals surface area contributed by atoms with Gasteiger partial charge in [0.25, 0.3) is 5.91 Å². The zero-order chi connectivity index (χ0) is 13.8. The fourth-order valence-corrected chi connectivity index (χ4v) is 1.50. The van der Waals surface area contributed by atoms with Gasteiger partial charge in [0.1, 0.15) is 5.15 Å². The van der Waals surface area contributed by atoms with Crippen LogP contribution in [-0.2, 0) is 0 Å². The van der Waals surface area contributed by atoms with E-state index in [4.69, 9.17) is 11.6 Å². The van der Waals surface area contributed by atoms with Crippen LogP contribution < -0.4 is 5.32 Å². The molecule has 1 N–H and O–H groups in total. The minimum atomic E-state index is -0.647. The maximum absolute atomic E-state index is 11.9. The van der Waals surface area contributed by atoms with Gasteiger partial charge in [0.05, 0.1) is 4.92 Å². The smallest absolute Gasteiger partial charge is 0.301 e. The van der Waals surface area contributed by atoms with E-state index in [0.717, 1.165) is 0 Å². The van der Waals surface area contributed by atoms with E-state index in [1.165, 1.54) is 36.7 Å². The van der Waals surface area contributed by atoms with Gasteiger partial charge in [0, 0.05) is 24.0 Å². The number of nitro groups is 1. The number of nitrogens with one attached hydrogen (secondary N) is 1. The minimum absolute atomic E-state index is 0.0515. The first kappa shape index (κ1) is 12.9. The van der Waals surface area contributed by atoms with Gasteiger partial charge in [-0.2, -0.15) is 0 Å². The van der Waals surface area contributed by atoms with Crippen LogP contribution >= 0.6 is 11.6 Å². The molecule has 2 aromatic heterocycles. The summed E-state index contributed by atoms with van der Waals surface area (Å²) in [6.07, 6.45) is 2.88. The molecule has 0 aliphatic rings. The van der Waals surface area contributed by atoms with Crippen molar-refractivity contribution in [2.45, 2.75) is 0 Å². The van der Waals surface area contributed by atoms with Crippen LogP contribution in [0.3, 0.4) is 0 Å². The van der Waals surface area contributed by atoms with Crippen molar-refractivity contribution in [3.63, 3.8) is 0 Å². The summed E-state index contributed by atoms with van der Waals surface area (Å²) < 4.78 is 0. The molecule has 0 spiro atoms. The first-order valence-electron chi connectivity index (χ1n) is 5.10. The van der Waals surface area contributed by atoms with Gasteiger partial charge in [-0.1, -0.05) is 11.6 Å². The lowest BCUT2D eigenvalue weighted by molar-refractivity contribution is -0.384. The van der Waals surface area contributed by atoms with Crippen LogP contribution in [0.5, 0.6) is 0 Å². The maximum Gasteiger partial charge on any atom is 0.311 e. The third-order valence-corrected chi connectivity index (χ3v) is 2.42. The Kier molecular flexibility index (Phi) is 3.67. The van der Waals surface area contributed by atoms with Gasteiger partial charge < -0.3 is 5.32 Å². The Morgan fingerprint density at radius 1 is 1.26 bits per heavy atom. The number of hydrogen-bond donors (Lipinski definition) is 1. The number of carbonyl (C=O) groups excluding carboxylic acids is 1. The Balaban J connectivity index is 2.31. The van der Waals surface area contributed by atoms with E-state index >= 15 is 0 Å². The topological polar surface area (TPSA) is 98.0 Å². The van der Waals surface area contributed by atoms with E-state index in [9.17, 15) is 14.9 Å². The minimum Gasteiger partial charge on any atom is -0.301 e. The molecule has 0 aromatic carbocycles. The molecule has 0 radical (unpaired) electrons. The van der Waals surface area contributed by atoms with Crippen molar-refractivity contribution in [1.29, 1.82) is 0 Å². The molecule has 19 heavy (non-hydrogen) atoms. The van der Waals surface area contributed by atoms with Gasteiger partial charge in [-0.15, -0.1) is 0 Å². The molecule has 0 bridgehead atoms. The Hall–Kier alpha value is -2.54. The zero-order valence-corrected chi connectivity index (χ0v) is 10.2. The second-order valence-electron chi connectivity index (χ2n) is 3.45. The molecule has 0 atom stereocenters. The molecule has 0 aliphatic carbocycles. The number of halogens is 1. The lowest BCUT2D eigenvalue weighted by Crippen LogP contribution is -2.14. The second-order valence-corrected chi connectivity index (χ2v) is 3.84. The van der Waals surface area contributed by atoms with Crippen LogP contribution in [0.2, 0.25) is 5.15 Å². The van der Waals surface area contributed by atoms with E-state index in [2.05, 4.69) is 15.3 Å². The normalized spacial score (nSPS) is 9.95. The van der Waals surface area contributed by atoms with Crippen molar-refractivity contribution in [1.82, 2.24) is 9.97 Å². The molecular weight excluding hydrogens is 272 g/mol. The van der Waals surface area contributed by atoms with Gasteiger partial charge in [-0.25, -0.2) is 4.98 Å². The summed E-state index contributed by atoms with van der Waals surface area (Å²) in [5, 5.41) is 13.2. The highest BCUT2D eigenvalue weighted by Crippen LogP contribution is 2.24. The quantitative estimate of drug-likeness (QED) is 0.527. The van der Waals surface area contributed by atoms with Crippen LogP contribution in [0.15, 0.2) is 36.7 Å². The molecule has 0 fully saturated rings. The Morgan fingerprint density at radius 3 is 2.58 bits per heavy atom. The van der Waals surface area contributed by atoms with Crippen LogP contribution in [0.1, 0.15) is 10.4 Å². The van der Waals surface area contributed by atoms with Gasteiger partial charge >= 0.3 is 5.69 Å². The summed E-state index contributed by atoms with van der Waals surface area (Å²) in [5.74, 6) is -0.723. The van der Waals surface area contributed by atoms with E-state index in [1.807, 2.05) is 0 Å². The summed E-state index contributed by atoms with van der Waals surface area (Å²) >= 11 is 5.66. The van der Waals surface area contributed by atoms with Crippen molar-refractivity contribution in [3.05, 3.63) is 57.5 Å². The first-order valence-corrected chi connectivity index (χ1v) is 5.48. The number of aromatic nitrogens is 2. The van der Waals surface area contributed by atoms with Crippen molar-refractivity contribution in [2.24, 2.45) is 0 Å². The molecule has 2 rings (SSSR count). The highest BCUT2D eigenvalue weighted by atomic mass is 35.5. The first-order chi connectivity index (χ1) is 9.08. The molecular formula is C11H7ClN4O3. The zero-order valence-electron chi connectivity index (χ0n) is 9.41. The van der Waals surface area contributed by atoms with Crippen molar-refractivity contribution in [2.75, 3.05) is 5.32 Å². The van der Waals surface area contributed by atoms with Gasteiger partial charge in [0.2, 0.25) is 5.82 Å². The predicted octanol–water partition coefficient (Wildman–Crippen LogP) is 2.29. The van der Waals surface area contributed by atoms with E-state index < -0.39 is 10.8 Å². The number of anilines is 1. The molecule has 0 saturated heterocycles. The summed E-state index contributed by atoms with van der Waals surface area (Å²) in [6.45, 7) is 0. The molecule has 7 nitrogen and oxygen atoms in total. The SMILES string of the molecule is O=C(Nc1nc(Cl)ccc1[N+](=O)[O-])c1ccncc1.